The number of nitrogens with one attached hydrogen (secondary N) is 2. The summed E-state index contributed by atoms with van der Waals surface area (Å²) < 4.78 is 25.2. The maximum Gasteiger partial charge on any atom is 0.315 e. The van der Waals surface area contributed by atoms with Crippen LogP contribution in [0.25, 0.3) is 0 Å². The third-order valence-electron chi connectivity index (χ3n) is 9.78. The van der Waals surface area contributed by atoms with Crippen molar-refractivity contribution >= 4 is 11.8 Å². The first-order chi connectivity index (χ1) is 23.3. The molecule has 3 N–H and O–H groups in total. The minimum atomic E-state index is -0.603. The van der Waals surface area contributed by atoms with E-state index in [0.717, 1.165) is 60.3 Å². The number of piperidine rings is 1. The molecule has 48 heavy (non-hydrogen) atoms. The van der Waals surface area contributed by atoms with E-state index < -0.39 is 24.2 Å². The molecule has 0 saturated carbocycles. The summed E-state index contributed by atoms with van der Waals surface area (Å²) in [7, 11) is 0. The highest BCUT2D eigenvalue weighted by Gasteiger charge is 2.43. The number of hydrogen-bond donors (Lipinski definition) is 3. The van der Waals surface area contributed by atoms with Crippen LogP contribution in [-0.2, 0) is 43.3 Å². The average molecular weight is 658 g/mol. The largest absolute Gasteiger partial charge is 0.392 e. The first-order valence-corrected chi connectivity index (χ1v) is 17.0. The van der Waals surface area contributed by atoms with Gasteiger partial charge in [0.2, 0.25) is 0 Å². The number of aliphatic hydroxyl groups is 1. The Labute approximate surface area is 282 Å². The quantitative estimate of drug-likeness (QED) is 0.269. The molecule has 2 amide bonds. The van der Waals surface area contributed by atoms with E-state index in [-0.39, 0.29) is 30.5 Å². The van der Waals surface area contributed by atoms with Crippen LogP contribution in [0, 0.1) is 5.92 Å². The first kappa shape index (κ1) is 34.2. The van der Waals surface area contributed by atoms with Gasteiger partial charge in [0.15, 0.2) is 17.9 Å². The lowest BCUT2D eigenvalue weighted by atomic mass is 9.89. The van der Waals surface area contributed by atoms with Crippen LogP contribution in [-0.4, -0.2) is 72.6 Å². The number of benzene rings is 3. The van der Waals surface area contributed by atoms with Crippen LogP contribution in [0.15, 0.2) is 78.9 Å². The normalized spacial score (nSPS) is 24.6. The number of rotatable bonds is 11. The van der Waals surface area contributed by atoms with Gasteiger partial charge in [-0.3, -0.25) is 4.79 Å². The summed E-state index contributed by atoms with van der Waals surface area (Å²) in [5.74, 6) is -0.437. The monoisotopic (exact) mass is 657 g/mol. The third kappa shape index (κ3) is 8.49. The van der Waals surface area contributed by atoms with Crippen LogP contribution in [0.5, 0.6) is 0 Å². The zero-order valence-corrected chi connectivity index (χ0v) is 27.8. The van der Waals surface area contributed by atoms with Crippen LogP contribution in [0.4, 0.5) is 4.79 Å². The molecule has 3 aliphatic heterocycles. The van der Waals surface area contributed by atoms with Gasteiger partial charge in [0, 0.05) is 50.5 Å². The fourth-order valence-electron chi connectivity index (χ4n) is 6.77. The Kier molecular flexibility index (Phi) is 11.2. The highest BCUT2D eigenvalue weighted by molar-refractivity contribution is 5.87. The second kappa shape index (κ2) is 15.7. The van der Waals surface area contributed by atoms with Crippen molar-refractivity contribution in [3.63, 3.8) is 0 Å². The Balaban J connectivity index is 1.09. The van der Waals surface area contributed by atoms with Crippen LogP contribution in [0.2, 0.25) is 0 Å². The van der Waals surface area contributed by atoms with Crippen LogP contribution < -0.4 is 10.6 Å². The Morgan fingerprint density at radius 3 is 2.17 bits per heavy atom. The van der Waals surface area contributed by atoms with Gasteiger partial charge in [-0.25, -0.2) is 4.79 Å². The van der Waals surface area contributed by atoms with E-state index in [0.29, 0.717) is 26.2 Å². The minimum absolute atomic E-state index is 0.00649. The molecule has 3 heterocycles. The molecule has 256 valence electrons. The van der Waals surface area contributed by atoms with Crippen molar-refractivity contribution in [3.8, 4) is 0 Å². The minimum Gasteiger partial charge on any atom is -0.392 e. The molecular formula is C38H47N3O7. The van der Waals surface area contributed by atoms with Gasteiger partial charge in [-0.2, -0.15) is 0 Å². The summed E-state index contributed by atoms with van der Waals surface area (Å²) in [4.78, 5) is 27.3. The van der Waals surface area contributed by atoms with Gasteiger partial charge in [0.05, 0.1) is 38.1 Å². The lowest BCUT2D eigenvalue weighted by molar-refractivity contribution is -0.278. The Morgan fingerprint density at radius 2 is 1.52 bits per heavy atom. The second-order valence-electron chi connectivity index (χ2n) is 13.2. The molecule has 3 aromatic carbocycles. The smallest absolute Gasteiger partial charge is 0.315 e. The number of likely N-dealkylation sites (tertiary alicyclic amines) is 1. The van der Waals surface area contributed by atoms with Gasteiger partial charge >= 0.3 is 6.03 Å². The fourth-order valence-corrected chi connectivity index (χ4v) is 6.77. The number of carbonyl (C=O) groups excluding carboxylic acids is 2. The van der Waals surface area contributed by atoms with Crippen LogP contribution in [0.3, 0.4) is 0 Å². The van der Waals surface area contributed by atoms with E-state index in [1.807, 2.05) is 78.9 Å². The second-order valence-corrected chi connectivity index (χ2v) is 13.2. The van der Waals surface area contributed by atoms with E-state index in [1.165, 1.54) is 6.92 Å². The molecule has 6 rings (SSSR count). The maximum absolute atomic E-state index is 12.7. The van der Waals surface area contributed by atoms with Crippen molar-refractivity contribution in [3.05, 3.63) is 107 Å². The van der Waals surface area contributed by atoms with Crippen LogP contribution >= 0.6 is 0 Å². The summed E-state index contributed by atoms with van der Waals surface area (Å²) in [6, 6.07) is 24.5. The molecule has 3 aromatic rings. The molecular weight excluding hydrogens is 610 g/mol. The molecule has 1 spiro atoms. The molecule has 5 unspecified atom stereocenters. The standard InChI is InChI=1S/C38H47N3O7/c1-26-34(24-41-18-16-38(17-19-41)45-20-21-46-38)47-36(48-35(26)31-12-10-30(25-42)11-13-31)32-14-8-29(9-15-32)23-39-37(44)40-33(27(2)43)22-28-6-4-3-5-7-28/h3-15,26,33-36,42H,16-25H2,1-2H3,(H2,39,40,44). The Hall–Kier alpha value is -3.64. The van der Waals surface area contributed by atoms with Gasteiger partial charge in [-0.1, -0.05) is 85.8 Å². The zero-order valence-electron chi connectivity index (χ0n) is 27.8. The lowest BCUT2D eigenvalue weighted by Gasteiger charge is -2.44. The van der Waals surface area contributed by atoms with Gasteiger partial charge in [-0.15, -0.1) is 0 Å². The zero-order chi connectivity index (χ0) is 33.5. The van der Waals surface area contributed by atoms with E-state index in [4.69, 9.17) is 18.9 Å². The summed E-state index contributed by atoms with van der Waals surface area (Å²) in [6.07, 6.45) is 1.26. The molecule has 10 nitrogen and oxygen atoms in total. The number of aliphatic hydroxyl groups excluding tert-OH is 1. The third-order valence-corrected chi connectivity index (χ3v) is 9.78. The molecule has 0 aliphatic carbocycles. The van der Waals surface area contributed by atoms with Gasteiger partial charge in [0.25, 0.3) is 0 Å². The molecule has 0 bridgehead atoms. The average Bonchev–Trinajstić information content (AvgIpc) is 3.57. The predicted octanol–water partition coefficient (Wildman–Crippen LogP) is 4.81. The highest BCUT2D eigenvalue weighted by atomic mass is 16.7. The predicted molar refractivity (Wildman–Crippen MR) is 180 cm³/mol. The fraction of sp³-hybridized carbons (Fsp3) is 0.474. The molecule has 3 fully saturated rings. The number of carbonyl (C=O) groups is 2. The topological polar surface area (TPSA) is 119 Å². The lowest BCUT2D eigenvalue weighted by Crippen LogP contribution is -2.50. The summed E-state index contributed by atoms with van der Waals surface area (Å²) >= 11 is 0. The maximum atomic E-state index is 12.7. The molecule has 3 aliphatic rings. The Morgan fingerprint density at radius 1 is 0.875 bits per heavy atom. The van der Waals surface area contributed by atoms with Crippen molar-refractivity contribution in [2.24, 2.45) is 5.92 Å². The van der Waals surface area contributed by atoms with E-state index >= 15 is 0 Å². The van der Waals surface area contributed by atoms with Crippen LogP contribution in [0.1, 0.15) is 66.9 Å². The van der Waals surface area contributed by atoms with Crippen molar-refractivity contribution < 1.29 is 33.6 Å². The van der Waals surface area contributed by atoms with E-state index in [9.17, 15) is 14.7 Å². The summed E-state index contributed by atoms with van der Waals surface area (Å²) in [6.45, 7) is 7.81. The molecule has 3 saturated heterocycles. The number of ether oxygens (including phenoxy) is 4. The van der Waals surface area contributed by atoms with Crippen molar-refractivity contribution in [1.29, 1.82) is 0 Å². The molecule has 5 atom stereocenters. The van der Waals surface area contributed by atoms with Crippen molar-refractivity contribution in [2.75, 3.05) is 32.8 Å². The molecule has 0 aromatic heterocycles. The Bertz CT molecular complexity index is 1480. The number of nitrogens with zero attached hydrogens (tertiary/aromatic N) is 1. The number of amides is 2. The summed E-state index contributed by atoms with van der Waals surface area (Å²) in [5, 5.41) is 15.3. The van der Waals surface area contributed by atoms with E-state index in [2.05, 4.69) is 22.5 Å². The van der Waals surface area contributed by atoms with Gasteiger partial charge in [-0.05, 0) is 35.6 Å². The number of hydrogen-bond acceptors (Lipinski definition) is 8. The number of Topliss-reactive ketones (excluding diaryl/α,β-unsaturated/α-hetero) is 1. The van der Waals surface area contributed by atoms with Gasteiger partial charge in [0.1, 0.15) is 0 Å². The highest BCUT2D eigenvalue weighted by Crippen LogP contribution is 2.42. The van der Waals surface area contributed by atoms with Gasteiger partial charge < -0.3 is 39.6 Å². The van der Waals surface area contributed by atoms with E-state index in [1.54, 1.807) is 0 Å². The molecule has 0 radical (unpaired) electrons. The SMILES string of the molecule is CC(=O)C(Cc1ccccc1)NC(=O)NCc1ccc(C2OC(CN3CCC4(CC3)OCCO4)C(C)C(c3ccc(CO)cc3)O2)cc1. The summed E-state index contributed by atoms with van der Waals surface area (Å²) in [5.41, 5.74) is 4.69. The van der Waals surface area contributed by atoms with Crippen molar-refractivity contribution in [1.82, 2.24) is 15.5 Å². The molecule has 10 heteroatoms. The first-order valence-electron chi connectivity index (χ1n) is 17.0. The number of urea groups is 1. The number of ketones is 1. The van der Waals surface area contributed by atoms with Crippen molar-refractivity contribution in [2.45, 2.75) is 76.6 Å².